The number of fused-ring (bicyclic) bond motifs is 1. The highest BCUT2D eigenvalue weighted by Gasteiger charge is 2.58. The first-order chi connectivity index (χ1) is 19.0. The summed E-state index contributed by atoms with van der Waals surface area (Å²) in [6.45, 7) is 4.72. The van der Waals surface area contributed by atoms with Gasteiger partial charge in [-0.3, -0.25) is 4.79 Å². The molecule has 0 radical (unpaired) electrons. The molecule has 3 aliphatic rings. The summed E-state index contributed by atoms with van der Waals surface area (Å²) in [5.74, 6) is -1.21. The molecule has 0 bridgehead atoms. The first-order valence-electron chi connectivity index (χ1n) is 13.7. The van der Waals surface area contributed by atoms with Gasteiger partial charge in [0.15, 0.2) is 11.4 Å². The Hall–Kier alpha value is -2.50. The number of carbonyl (C=O) groups excluding carboxylic acids is 1. The molecule has 2 heterocycles. The van der Waals surface area contributed by atoms with E-state index in [1.54, 1.807) is 19.9 Å². The van der Waals surface area contributed by atoms with E-state index < -0.39 is 41.4 Å². The number of halogens is 3. The lowest BCUT2D eigenvalue weighted by Crippen LogP contribution is -2.60. The summed E-state index contributed by atoms with van der Waals surface area (Å²) in [7, 11) is 0. The molecule has 3 fully saturated rings. The number of nitrogens with one attached hydrogen (secondary N) is 1. The lowest BCUT2D eigenvalue weighted by molar-refractivity contribution is -0.183. The van der Waals surface area contributed by atoms with Gasteiger partial charge in [-0.1, -0.05) is 42.5 Å². The maximum Gasteiger partial charge on any atom is 0.416 e. The third-order valence-electron chi connectivity index (χ3n) is 7.65. The zero-order chi connectivity index (χ0) is 28.4. The molecule has 40 heavy (non-hydrogen) atoms. The molecule has 2 saturated heterocycles. The smallest absolute Gasteiger partial charge is 0.376 e. The summed E-state index contributed by atoms with van der Waals surface area (Å²) in [4.78, 5) is 13.9. The van der Waals surface area contributed by atoms with E-state index in [1.807, 2.05) is 30.3 Å². The van der Waals surface area contributed by atoms with Crippen molar-refractivity contribution in [2.75, 3.05) is 13.2 Å². The molecule has 0 spiro atoms. The molecule has 7 nitrogen and oxygen atoms in total. The highest BCUT2D eigenvalue weighted by Crippen LogP contribution is 2.44. The number of ether oxygens (including phenoxy) is 5. The summed E-state index contributed by atoms with van der Waals surface area (Å²) >= 11 is 0. The molecule has 1 N–H and O–H groups in total. The molecule has 10 heteroatoms. The Morgan fingerprint density at radius 1 is 1.02 bits per heavy atom. The first kappa shape index (κ1) is 29.0. The number of hydrogen-bond acceptors (Lipinski definition) is 6. The number of benzene rings is 2. The zero-order valence-corrected chi connectivity index (χ0v) is 22.7. The van der Waals surface area contributed by atoms with Crippen molar-refractivity contribution in [3.8, 4) is 0 Å². The SMILES string of the molecule is CC1(C)O[C@@H]2C[C@@](OCc3ccccc3)(C(=O)NCC3CCCO3)CC(OCc3cccc(C(F)(F)F)c3)[C@@H]2O1. The van der Waals surface area contributed by atoms with E-state index in [9.17, 15) is 18.0 Å². The Morgan fingerprint density at radius 2 is 1.80 bits per heavy atom. The van der Waals surface area contributed by atoms with E-state index >= 15 is 0 Å². The molecular weight excluding hydrogens is 527 g/mol. The average Bonchev–Trinajstić information content (AvgIpc) is 3.55. The van der Waals surface area contributed by atoms with Crippen LogP contribution in [0.1, 0.15) is 56.2 Å². The van der Waals surface area contributed by atoms with Crippen molar-refractivity contribution in [1.82, 2.24) is 5.32 Å². The second-order valence-electron chi connectivity index (χ2n) is 11.2. The van der Waals surface area contributed by atoms with Gasteiger partial charge in [0.1, 0.15) is 6.10 Å². The molecule has 2 unspecified atom stereocenters. The average molecular weight is 564 g/mol. The molecular formula is C30H36F3NO6. The summed E-state index contributed by atoms with van der Waals surface area (Å²) < 4.78 is 70.6. The van der Waals surface area contributed by atoms with Crippen molar-refractivity contribution in [3.63, 3.8) is 0 Å². The van der Waals surface area contributed by atoms with Crippen LogP contribution < -0.4 is 5.32 Å². The largest absolute Gasteiger partial charge is 0.416 e. The van der Waals surface area contributed by atoms with Crippen molar-refractivity contribution >= 4 is 5.91 Å². The van der Waals surface area contributed by atoms with E-state index in [-0.39, 0.29) is 38.1 Å². The minimum absolute atomic E-state index is 0.0515. The van der Waals surface area contributed by atoms with Crippen molar-refractivity contribution in [2.45, 2.75) is 94.7 Å². The Balaban J connectivity index is 1.38. The molecule has 2 aromatic carbocycles. The maximum atomic E-state index is 13.9. The fourth-order valence-corrected chi connectivity index (χ4v) is 5.72. The number of rotatable bonds is 9. The lowest BCUT2D eigenvalue weighted by Gasteiger charge is -2.43. The molecule has 2 aliphatic heterocycles. The van der Waals surface area contributed by atoms with E-state index in [4.69, 9.17) is 23.7 Å². The van der Waals surface area contributed by atoms with E-state index in [1.165, 1.54) is 6.07 Å². The Bertz CT molecular complexity index is 1150. The molecule has 1 saturated carbocycles. The van der Waals surface area contributed by atoms with E-state index in [0.29, 0.717) is 18.7 Å². The minimum atomic E-state index is -4.46. The van der Waals surface area contributed by atoms with Crippen LogP contribution in [-0.2, 0) is 47.9 Å². The highest BCUT2D eigenvalue weighted by atomic mass is 19.4. The molecule has 5 atom stereocenters. The summed E-state index contributed by atoms with van der Waals surface area (Å²) in [5.41, 5.74) is -0.779. The zero-order valence-electron chi connectivity index (χ0n) is 22.7. The third-order valence-corrected chi connectivity index (χ3v) is 7.65. The second kappa shape index (κ2) is 11.8. The standard InChI is InChI=1S/C30H36F3NO6/c1-28(2)39-25-16-29(38-19-20-8-4-3-5-9-20,27(35)34-17-23-12-7-13-36-23)15-24(26(25)40-28)37-18-21-10-6-11-22(14-21)30(31,32)33/h3-6,8-11,14,23-26H,7,12-13,15-19H2,1-2H3,(H,34,35)/t23?,24?,25-,26+,29-/m1/s1. The lowest BCUT2D eigenvalue weighted by atomic mass is 9.78. The van der Waals surface area contributed by atoms with E-state index in [0.717, 1.165) is 30.5 Å². The predicted octanol–water partition coefficient (Wildman–Crippen LogP) is 5.16. The molecule has 0 aromatic heterocycles. The van der Waals surface area contributed by atoms with Crippen LogP contribution in [0.4, 0.5) is 13.2 Å². The molecule has 2 aromatic rings. The Labute approximate surface area is 232 Å². The van der Waals surface area contributed by atoms with Crippen molar-refractivity contribution < 1.29 is 41.7 Å². The van der Waals surface area contributed by atoms with Gasteiger partial charge in [-0.05, 0) is 49.9 Å². The molecule has 5 rings (SSSR count). The predicted molar refractivity (Wildman–Crippen MR) is 139 cm³/mol. The van der Waals surface area contributed by atoms with Crippen molar-refractivity contribution in [1.29, 1.82) is 0 Å². The van der Waals surface area contributed by atoms with Gasteiger partial charge in [-0.25, -0.2) is 0 Å². The quantitative estimate of drug-likeness (QED) is 0.455. The maximum absolute atomic E-state index is 13.9. The van der Waals surface area contributed by atoms with Crippen LogP contribution in [0.15, 0.2) is 54.6 Å². The van der Waals surface area contributed by atoms with Crippen LogP contribution in [0.5, 0.6) is 0 Å². The third kappa shape index (κ3) is 6.86. The van der Waals surface area contributed by atoms with Crippen LogP contribution in [0.2, 0.25) is 0 Å². The van der Waals surface area contributed by atoms with Crippen molar-refractivity contribution in [2.24, 2.45) is 0 Å². The van der Waals surface area contributed by atoms with Crippen molar-refractivity contribution in [3.05, 3.63) is 71.3 Å². The molecule has 1 amide bonds. The van der Waals surface area contributed by atoms with Gasteiger partial charge >= 0.3 is 6.18 Å². The molecule has 1 aliphatic carbocycles. The van der Waals surface area contributed by atoms with Gasteiger partial charge in [-0.15, -0.1) is 0 Å². The van der Waals surface area contributed by atoms with Gasteiger partial charge < -0.3 is 29.0 Å². The summed E-state index contributed by atoms with van der Waals surface area (Å²) in [6.07, 6.45) is -3.99. The first-order valence-corrected chi connectivity index (χ1v) is 13.7. The minimum Gasteiger partial charge on any atom is -0.376 e. The number of alkyl halides is 3. The Morgan fingerprint density at radius 3 is 2.52 bits per heavy atom. The summed E-state index contributed by atoms with van der Waals surface area (Å²) in [5, 5.41) is 3.02. The van der Waals surface area contributed by atoms with Gasteiger partial charge in [0.2, 0.25) is 0 Å². The normalized spacial score (nSPS) is 29.7. The van der Waals surface area contributed by atoms with Crippen LogP contribution in [0, 0.1) is 0 Å². The highest BCUT2D eigenvalue weighted by molar-refractivity contribution is 5.85. The Kier molecular flexibility index (Phi) is 8.54. The van der Waals surface area contributed by atoms with Crippen LogP contribution in [-0.4, -0.2) is 54.9 Å². The fraction of sp³-hybridized carbons (Fsp3) is 0.567. The van der Waals surface area contributed by atoms with Crippen LogP contribution in [0.25, 0.3) is 0 Å². The van der Waals surface area contributed by atoms with Gasteiger partial charge in [-0.2, -0.15) is 13.2 Å². The number of carbonyl (C=O) groups is 1. The fourth-order valence-electron chi connectivity index (χ4n) is 5.72. The summed E-state index contributed by atoms with van der Waals surface area (Å²) in [6, 6.07) is 14.6. The topological polar surface area (TPSA) is 75.3 Å². The van der Waals surface area contributed by atoms with Gasteiger partial charge in [0.25, 0.3) is 5.91 Å². The van der Waals surface area contributed by atoms with Gasteiger partial charge in [0.05, 0.1) is 37.1 Å². The number of hydrogen-bond donors (Lipinski definition) is 1. The van der Waals surface area contributed by atoms with E-state index in [2.05, 4.69) is 5.32 Å². The monoisotopic (exact) mass is 563 g/mol. The van der Waals surface area contributed by atoms with Crippen LogP contribution in [0.3, 0.4) is 0 Å². The van der Waals surface area contributed by atoms with Gasteiger partial charge in [0, 0.05) is 26.0 Å². The number of amides is 1. The second-order valence-corrected chi connectivity index (χ2v) is 11.2. The van der Waals surface area contributed by atoms with Crippen LogP contribution >= 0.6 is 0 Å². The molecule has 218 valence electrons.